The molecular formula is C45H27N3O2. The van der Waals surface area contributed by atoms with Gasteiger partial charge in [-0.3, -0.25) is 15.0 Å². The molecule has 0 aliphatic heterocycles. The predicted octanol–water partition coefficient (Wildman–Crippen LogP) is 12.0. The Bertz CT molecular complexity index is 2860. The van der Waals surface area contributed by atoms with Crippen molar-refractivity contribution in [2.45, 2.75) is 0 Å². The lowest BCUT2D eigenvalue weighted by molar-refractivity contribution is 0.670. The van der Waals surface area contributed by atoms with E-state index < -0.39 is 0 Å². The van der Waals surface area contributed by atoms with Crippen molar-refractivity contribution in [1.82, 2.24) is 15.0 Å². The summed E-state index contributed by atoms with van der Waals surface area (Å²) in [6.45, 7) is 0. The van der Waals surface area contributed by atoms with E-state index in [0.29, 0.717) is 0 Å². The van der Waals surface area contributed by atoms with Gasteiger partial charge in [0.1, 0.15) is 22.2 Å². The fourth-order valence-corrected chi connectivity index (χ4v) is 7.19. The highest BCUT2D eigenvalue weighted by atomic mass is 16.3. The Morgan fingerprint density at radius 3 is 1.50 bits per heavy atom. The summed E-state index contributed by atoms with van der Waals surface area (Å²) in [7, 11) is 0. The molecule has 5 nitrogen and oxygen atoms in total. The van der Waals surface area contributed by atoms with Crippen LogP contribution in [0.5, 0.6) is 0 Å². The number of hydrogen-bond acceptors (Lipinski definition) is 5. The largest absolute Gasteiger partial charge is 0.453 e. The van der Waals surface area contributed by atoms with Gasteiger partial charge in [0.05, 0.1) is 0 Å². The minimum atomic E-state index is 0.751. The Labute approximate surface area is 287 Å². The summed E-state index contributed by atoms with van der Waals surface area (Å²) in [5, 5.41) is 1.98. The molecule has 0 saturated carbocycles. The van der Waals surface area contributed by atoms with Crippen LogP contribution in [0.3, 0.4) is 0 Å². The van der Waals surface area contributed by atoms with Crippen molar-refractivity contribution in [3.8, 4) is 55.6 Å². The number of hydrogen-bond donors (Lipinski definition) is 0. The van der Waals surface area contributed by atoms with E-state index in [4.69, 9.17) is 18.8 Å². The number of nitrogens with zero attached hydrogens (tertiary/aromatic N) is 3. The average molecular weight is 642 g/mol. The van der Waals surface area contributed by atoms with Crippen LogP contribution in [0.1, 0.15) is 0 Å². The van der Waals surface area contributed by atoms with Gasteiger partial charge in [0.25, 0.3) is 0 Å². The highest BCUT2D eigenvalue weighted by Crippen LogP contribution is 2.44. The lowest BCUT2D eigenvalue weighted by atomic mass is 9.91. The Hall–Kier alpha value is -6.85. The summed E-state index contributed by atoms with van der Waals surface area (Å²) in [6, 6.07) is 47.9. The van der Waals surface area contributed by atoms with E-state index in [1.807, 2.05) is 73.2 Å². The molecule has 10 rings (SSSR count). The predicted molar refractivity (Wildman–Crippen MR) is 202 cm³/mol. The molecule has 0 amide bonds. The molecule has 5 aromatic heterocycles. The van der Waals surface area contributed by atoms with Crippen molar-refractivity contribution in [2.24, 2.45) is 0 Å². The topological polar surface area (TPSA) is 65.0 Å². The SMILES string of the molecule is c1ccc(-c2cccc3c2oc2c(-c4ccc(-c5ccnc6c5oc5c(-c7ccccc7)cccc56)c(-c5cccnc5)c4)ccnc23)cc1. The van der Waals surface area contributed by atoms with E-state index >= 15 is 0 Å². The standard InChI is InChI=1S/C45H27N3O2/c1-3-10-28(11-4-1)32-15-7-17-37-40-44(49-42(32)37)34(21-24-47-40)30-19-20-35(39(26-30)31-14-9-23-46-27-31)36-22-25-48-41-38-18-8-16-33(43(38)50-45(36)41)29-12-5-2-6-13-29/h1-27H. The van der Waals surface area contributed by atoms with Gasteiger partial charge >= 0.3 is 0 Å². The first kappa shape index (κ1) is 28.2. The minimum Gasteiger partial charge on any atom is -0.453 e. The zero-order chi connectivity index (χ0) is 33.0. The van der Waals surface area contributed by atoms with Crippen LogP contribution in [-0.4, -0.2) is 15.0 Å². The lowest BCUT2D eigenvalue weighted by Gasteiger charge is -2.13. The van der Waals surface area contributed by atoms with Gasteiger partial charge < -0.3 is 8.83 Å². The number of furan rings is 2. The number of para-hydroxylation sites is 2. The Morgan fingerprint density at radius 1 is 0.340 bits per heavy atom. The van der Waals surface area contributed by atoms with Crippen LogP contribution in [0.2, 0.25) is 0 Å². The van der Waals surface area contributed by atoms with E-state index in [-0.39, 0.29) is 0 Å². The van der Waals surface area contributed by atoms with E-state index in [9.17, 15) is 0 Å². The molecule has 0 fully saturated rings. The zero-order valence-electron chi connectivity index (χ0n) is 26.7. The fourth-order valence-electron chi connectivity index (χ4n) is 7.19. The third kappa shape index (κ3) is 4.45. The third-order valence-electron chi connectivity index (χ3n) is 9.52. The number of pyridine rings is 3. The summed E-state index contributed by atoms with van der Waals surface area (Å²) in [5.74, 6) is 0. The van der Waals surface area contributed by atoms with Gasteiger partial charge in [-0.05, 0) is 64.2 Å². The second kappa shape index (κ2) is 11.4. The normalized spacial score (nSPS) is 11.6. The molecule has 0 atom stereocenters. The van der Waals surface area contributed by atoms with Gasteiger partial charge in [-0.15, -0.1) is 0 Å². The summed E-state index contributed by atoms with van der Waals surface area (Å²) >= 11 is 0. The van der Waals surface area contributed by atoms with Gasteiger partial charge in [-0.25, -0.2) is 0 Å². The number of aromatic nitrogens is 3. The van der Waals surface area contributed by atoms with Crippen molar-refractivity contribution in [3.05, 3.63) is 164 Å². The summed E-state index contributed by atoms with van der Waals surface area (Å²) in [5.41, 5.74) is 15.1. The maximum atomic E-state index is 6.77. The molecule has 0 saturated heterocycles. The average Bonchev–Trinajstić information content (AvgIpc) is 3.78. The highest BCUT2D eigenvalue weighted by molar-refractivity contribution is 6.13. The van der Waals surface area contributed by atoms with E-state index in [2.05, 4.69) is 89.9 Å². The first-order valence-electron chi connectivity index (χ1n) is 16.6. The van der Waals surface area contributed by atoms with Gasteiger partial charge in [-0.2, -0.15) is 0 Å². The van der Waals surface area contributed by atoms with Gasteiger partial charge in [0.15, 0.2) is 11.2 Å². The molecule has 10 aromatic rings. The maximum Gasteiger partial charge on any atom is 0.161 e. The van der Waals surface area contributed by atoms with Crippen molar-refractivity contribution < 1.29 is 8.83 Å². The van der Waals surface area contributed by atoms with Crippen molar-refractivity contribution >= 4 is 44.1 Å². The molecule has 0 radical (unpaired) electrons. The Balaban J connectivity index is 1.19. The fraction of sp³-hybridized carbons (Fsp3) is 0. The van der Waals surface area contributed by atoms with Gasteiger partial charge in [-0.1, -0.05) is 103 Å². The number of benzene rings is 5. The quantitative estimate of drug-likeness (QED) is 0.187. The molecular weight excluding hydrogens is 615 g/mol. The number of fused-ring (bicyclic) bond motifs is 6. The smallest absolute Gasteiger partial charge is 0.161 e. The van der Waals surface area contributed by atoms with Crippen LogP contribution >= 0.6 is 0 Å². The summed E-state index contributed by atoms with van der Waals surface area (Å²) in [6.07, 6.45) is 7.44. The molecule has 5 heterocycles. The van der Waals surface area contributed by atoms with Crippen molar-refractivity contribution in [3.63, 3.8) is 0 Å². The monoisotopic (exact) mass is 641 g/mol. The molecule has 0 spiro atoms. The molecule has 5 heteroatoms. The first-order valence-corrected chi connectivity index (χ1v) is 16.6. The summed E-state index contributed by atoms with van der Waals surface area (Å²) in [4.78, 5) is 14.1. The molecule has 0 N–H and O–H groups in total. The van der Waals surface area contributed by atoms with Crippen LogP contribution < -0.4 is 0 Å². The Kier molecular flexibility index (Phi) is 6.42. The van der Waals surface area contributed by atoms with Crippen LogP contribution in [0.25, 0.3) is 99.8 Å². The zero-order valence-corrected chi connectivity index (χ0v) is 26.7. The van der Waals surface area contributed by atoms with Gasteiger partial charge in [0.2, 0.25) is 0 Å². The lowest BCUT2D eigenvalue weighted by Crippen LogP contribution is -1.90. The van der Waals surface area contributed by atoms with Crippen molar-refractivity contribution in [2.75, 3.05) is 0 Å². The van der Waals surface area contributed by atoms with E-state index in [1.165, 1.54) is 0 Å². The third-order valence-corrected chi connectivity index (χ3v) is 9.52. The second-order valence-corrected chi connectivity index (χ2v) is 12.4. The van der Waals surface area contributed by atoms with E-state index in [0.717, 1.165) is 99.8 Å². The molecule has 234 valence electrons. The maximum absolute atomic E-state index is 6.77. The second-order valence-electron chi connectivity index (χ2n) is 12.4. The van der Waals surface area contributed by atoms with Crippen LogP contribution in [0, 0.1) is 0 Å². The first-order chi connectivity index (χ1) is 24.8. The van der Waals surface area contributed by atoms with Crippen LogP contribution in [0.4, 0.5) is 0 Å². The molecule has 0 aliphatic carbocycles. The van der Waals surface area contributed by atoms with Crippen molar-refractivity contribution in [1.29, 1.82) is 0 Å². The molecule has 0 unspecified atom stereocenters. The highest BCUT2D eigenvalue weighted by Gasteiger charge is 2.21. The minimum absolute atomic E-state index is 0.751. The molecule has 0 bridgehead atoms. The molecule has 5 aromatic carbocycles. The van der Waals surface area contributed by atoms with E-state index in [1.54, 1.807) is 6.20 Å². The Morgan fingerprint density at radius 2 is 0.900 bits per heavy atom. The summed E-state index contributed by atoms with van der Waals surface area (Å²) < 4.78 is 13.5. The van der Waals surface area contributed by atoms with Gasteiger partial charge in [0, 0.05) is 63.4 Å². The van der Waals surface area contributed by atoms with Crippen LogP contribution in [-0.2, 0) is 0 Å². The number of rotatable bonds is 5. The van der Waals surface area contributed by atoms with Crippen LogP contribution in [0.15, 0.2) is 173 Å². The molecule has 50 heavy (non-hydrogen) atoms. The molecule has 0 aliphatic rings.